The third-order valence-electron chi connectivity index (χ3n) is 15.5. The van der Waals surface area contributed by atoms with Crippen molar-refractivity contribution >= 4 is 17.9 Å². The summed E-state index contributed by atoms with van der Waals surface area (Å²) in [5.74, 6) is -0.884. The molecule has 0 fully saturated rings. The minimum atomic E-state index is -0.782. The topological polar surface area (TPSA) is 78.9 Å². The first-order chi connectivity index (χ1) is 38.5. The monoisotopic (exact) mass is 1090 g/mol. The van der Waals surface area contributed by atoms with Crippen molar-refractivity contribution in [3.8, 4) is 0 Å². The van der Waals surface area contributed by atoms with E-state index in [1.165, 1.54) is 238 Å². The van der Waals surface area contributed by atoms with Gasteiger partial charge in [-0.3, -0.25) is 14.4 Å². The molecule has 0 rings (SSSR count). The third kappa shape index (κ3) is 64.2. The fraction of sp³-hybridized carbons (Fsp3) is 0.847. The summed E-state index contributed by atoms with van der Waals surface area (Å²) in [7, 11) is 0. The van der Waals surface area contributed by atoms with E-state index in [0.717, 1.165) is 96.3 Å². The van der Waals surface area contributed by atoms with Gasteiger partial charge in [-0.15, -0.1) is 0 Å². The van der Waals surface area contributed by atoms with E-state index in [-0.39, 0.29) is 31.1 Å². The van der Waals surface area contributed by atoms with Crippen molar-refractivity contribution < 1.29 is 28.6 Å². The highest BCUT2D eigenvalue weighted by Crippen LogP contribution is 2.18. The minimum absolute atomic E-state index is 0.0780. The molecule has 456 valence electrons. The summed E-state index contributed by atoms with van der Waals surface area (Å²) in [5.41, 5.74) is 0. The van der Waals surface area contributed by atoms with Gasteiger partial charge in [-0.05, 0) is 96.3 Å². The predicted octanol–water partition coefficient (Wildman–Crippen LogP) is 23.7. The third-order valence-corrected chi connectivity index (χ3v) is 15.5. The molecule has 0 aromatic carbocycles. The van der Waals surface area contributed by atoms with Crippen molar-refractivity contribution in [2.45, 2.75) is 380 Å². The van der Waals surface area contributed by atoms with Crippen molar-refractivity contribution in [2.24, 2.45) is 0 Å². The van der Waals surface area contributed by atoms with E-state index < -0.39 is 6.10 Å². The minimum Gasteiger partial charge on any atom is -0.462 e. The van der Waals surface area contributed by atoms with Crippen LogP contribution in [0.1, 0.15) is 374 Å². The SMILES string of the molecule is CCC/C=C\C/C=C\CCCCCCCC(=O)OC(COC(=O)CCCCCCC/C=C\CCCCC)COC(=O)CCCCCCCCCCCCCCCCCCCCCCCCC/C=C\CCCCCCCCCC. The fourth-order valence-electron chi connectivity index (χ4n) is 10.3. The van der Waals surface area contributed by atoms with E-state index >= 15 is 0 Å². The molecule has 0 N–H and O–H groups in total. The summed E-state index contributed by atoms with van der Waals surface area (Å²) in [5, 5.41) is 0. The Hall–Kier alpha value is -2.63. The average molecular weight is 1090 g/mol. The molecule has 1 unspecified atom stereocenters. The number of rotatable bonds is 64. The molecule has 1 atom stereocenters. The molecule has 0 aliphatic carbocycles. The Morgan fingerprint density at radius 3 is 0.795 bits per heavy atom. The number of hydrogen-bond donors (Lipinski definition) is 0. The summed E-state index contributed by atoms with van der Waals surface area (Å²) in [6.07, 6.45) is 84.6. The molecule has 0 aromatic rings. The first-order valence-electron chi connectivity index (χ1n) is 34.6. The van der Waals surface area contributed by atoms with E-state index in [4.69, 9.17) is 14.2 Å². The van der Waals surface area contributed by atoms with Crippen LogP contribution in [0.4, 0.5) is 0 Å². The van der Waals surface area contributed by atoms with Gasteiger partial charge in [0.05, 0.1) is 0 Å². The maximum absolute atomic E-state index is 12.8. The molecular weight excluding hydrogens is 961 g/mol. The molecule has 0 radical (unpaired) electrons. The Morgan fingerprint density at radius 1 is 0.256 bits per heavy atom. The summed E-state index contributed by atoms with van der Waals surface area (Å²) in [4.78, 5) is 38.2. The molecule has 0 amide bonds. The van der Waals surface area contributed by atoms with Crippen LogP contribution in [0.3, 0.4) is 0 Å². The van der Waals surface area contributed by atoms with Gasteiger partial charge < -0.3 is 14.2 Å². The Balaban J connectivity index is 4.00. The Morgan fingerprint density at radius 2 is 0.487 bits per heavy atom. The van der Waals surface area contributed by atoms with Gasteiger partial charge in [0, 0.05) is 19.3 Å². The second-order valence-corrected chi connectivity index (χ2v) is 23.4. The average Bonchev–Trinajstić information content (AvgIpc) is 3.44. The number of ether oxygens (including phenoxy) is 3. The zero-order valence-corrected chi connectivity index (χ0v) is 52.5. The van der Waals surface area contributed by atoms with Crippen LogP contribution in [0.25, 0.3) is 0 Å². The lowest BCUT2D eigenvalue weighted by atomic mass is 10.0. The van der Waals surface area contributed by atoms with Gasteiger partial charge in [0.25, 0.3) is 0 Å². The number of carbonyl (C=O) groups is 3. The standard InChI is InChI=1S/C72H132O6/c1-4-7-10-13-16-19-22-25-26-27-28-29-30-31-32-33-34-35-36-37-38-39-40-41-42-43-44-45-46-48-50-53-56-59-62-65-71(74)77-68-69(67-76-70(73)64-61-58-55-52-49-24-21-18-15-12-9-6-3)78-72(75)66-63-60-57-54-51-47-23-20-17-14-11-8-5-2/h11,14,18,20-21,23,27-28,69H,4-10,12-13,15-17,19,22,24-26,29-68H2,1-3H3/b14-11-,21-18-,23-20-,28-27-. The summed E-state index contributed by atoms with van der Waals surface area (Å²) in [6, 6.07) is 0. The van der Waals surface area contributed by atoms with Crippen LogP contribution >= 0.6 is 0 Å². The molecule has 0 heterocycles. The van der Waals surface area contributed by atoms with Crippen molar-refractivity contribution in [1.29, 1.82) is 0 Å². The highest BCUT2D eigenvalue weighted by atomic mass is 16.6. The first kappa shape index (κ1) is 75.4. The van der Waals surface area contributed by atoms with Crippen molar-refractivity contribution in [1.82, 2.24) is 0 Å². The quantitative estimate of drug-likeness (QED) is 0.0261. The van der Waals surface area contributed by atoms with Gasteiger partial charge in [-0.2, -0.15) is 0 Å². The van der Waals surface area contributed by atoms with Crippen LogP contribution in [-0.4, -0.2) is 37.2 Å². The van der Waals surface area contributed by atoms with Crippen molar-refractivity contribution in [2.75, 3.05) is 13.2 Å². The van der Waals surface area contributed by atoms with Gasteiger partial charge in [-0.1, -0.05) is 307 Å². The molecule has 6 nitrogen and oxygen atoms in total. The van der Waals surface area contributed by atoms with E-state index in [1.807, 2.05) is 0 Å². The number of allylic oxidation sites excluding steroid dienone is 8. The van der Waals surface area contributed by atoms with Gasteiger partial charge in [0.15, 0.2) is 6.10 Å². The smallest absolute Gasteiger partial charge is 0.306 e. The normalized spacial score (nSPS) is 12.3. The number of hydrogen-bond acceptors (Lipinski definition) is 6. The molecular formula is C72H132O6. The van der Waals surface area contributed by atoms with E-state index in [1.54, 1.807) is 0 Å². The second-order valence-electron chi connectivity index (χ2n) is 23.4. The lowest BCUT2D eigenvalue weighted by Gasteiger charge is -2.18. The largest absolute Gasteiger partial charge is 0.462 e. The lowest BCUT2D eigenvalue weighted by molar-refractivity contribution is -0.167. The lowest BCUT2D eigenvalue weighted by Crippen LogP contribution is -2.30. The van der Waals surface area contributed by atoms with Crippen LogP contribution in [-0.2, 0) is 28.6 Å². The molecule has 0 bridgehead atoms. The van der Waals surface area contributed by atoms with Crippen LogP contribution in [0.5, 0.6) is 0 Å². The van der Waals surface area contributed by atoms with Crippen LogP contribution < -0.4 is 0 Å². The highest BCUT2D eigenvalue weighted by molar-refractivity contribution is 5.71. The molecule has 0 spiro atoms. The Kier molecular flexibility index (Phi) is 64.6. The summed E-state index contributed by atoms with van der Waals surface area (Å²) >= 11 is 0. The molecule has 0 aliphatic rings. The zero-order valence-electron chi connectivity index (χ0n) is 52.5. The van der Waals surface area contributed by atoms with E-state index in [9.17, 15) is 14.4 Å². The zero-order chi connectivity index (χ0) is 56.4. The van der Waals surface area contributed by atoms with Crippen LogP contribution in [0, 0.1) is 0 Å². The van der Waals surface area contributed by atoms with Crippen molar-refractivity contribution in [3.05, 3.63) is 48.6 Å². The summed E-state index contributed by atoms with van der Waals surface area (Å²) in [6.45, 7) is 6.58. The number of unbranched alkanes of at least 4 members (excludes halogenated alkanes) is 45. The molecule has 0 aliphatic heterocycles. The Labute approximate surface area is 486 Å². The molecule has 0 saturated carbocycles. The van der Waals surface area contributed by atoms with E-state index in [2.05, 4.69) is 69.4 Å². The second kappa shape index (κ2) is 66.9. The molecule has 6 heteroatoms. The number of carbonyl (C=O) groups excluding carboxylic acids is 3. The molecule has 0 aromatic heterocycles. The first-order valence-corrected chi connectivity index (χ1v) is 34.6. The van der Waals surface area contributed by atoms with Crippen molar-refractivity contribution in [3.63, 3.8) is 0 Å². The summed E-state index contributed by atoms with van der Waals surface area (Å²) < 4.78 is 16.9. The molecule has 0 saturated heterocycles. The highest BCUT2D eigenvalue weighted by Gasteiger charge is 2.19. The van der Waals surface area contributed by atoms with E-state index in [0.29, 0.717) is 19.3 Å². The molecule has 78 heavy (non-hydrogen) atoms. The van der Waals surface area contributed by atoms with Crippen LogP contribution in [0.2, 0.25) is 0 Å². The van der Waals surface area contributed by atoms with Gasteiger partial charge in [-0.25, -0.2) is 0 Å². The maximum atomic E-state index is 12.8. The van der Waals surface area contributed by atoms with Gasteiger partial charge in [0.1, 0.15) is 13.2 Å². The maximum Gasteiger partial charge on any atom is 0.306 e. The van der Waals surface area contributed by atoms with Gasteiger partial charge >= 0.3 is 17.9 Å². The van der Waals surface area contributed by atoms with Gasteiger partial charge in [0.2, 0.25) is 0 Å². The Bertz CT molecular complexity index is 1350. The predicted molar refractivity (Wildman–Crippen MR) is 339 cm³/mol. The fourth-order valence-corrected chi connectivity index (χ4v) is 10.3. The number of esters is 3. The van der Waals surface area contributed by atoms with Crippen LogP contribution in [0.15, 0.2) is 48.6 Å².